The normalized spacial score (nSPS) is 15.2. The predicted octanol–water partition coefficient (Wildman–Crippen LogP) is 4.92. The van der Waals surface area contributed by atoms with Gasteiger partial charge in [-0.15, -0.1) is 0 Å². The SMILES string of the molecule is CCC(C)c1ccc(NC(=S)N2CCN(c3ccc(C(C)=O)cc3)CC2)cc1. The van der Waals surface area contributed by atoms with Crippen molar-refractivity contribution in [2.45, 2.75) is 33.1 Å². The second-order valence-corrected chi connectivity index (χ2v) is 7.83. The van der Waals surface area contributed by atoms with E-state index in [1.54, 1.807) is 6.92 Å². The van der Waals surface area contributed by atoms with Gasteiger partial charge in [0, 0.05) is 43.1 Å². The number of hydrogen-bond donors (Lipinski definition) is 1. The molecule has 0 spiro atoms. The van der Waals surface area contributed by atoms with Crippen LogP contribution in [0.5, 0.6) is 0 Å². The van der Waals surface area contributed by atoms with Crippen LogP contribution in [0.15, 0.2) is 48.5 Å². The van der Waals surface area contributed by atoms with Crippen molar-refractivity contribution >= 4 is 34.5 Å². The second kappa shape index (κ2) is 9.20. The van der Waals surface area contributed by atoms with Crippen molar-refractivity contribution in [2.24, 2.45) is 0 Å². The number of anilines is 2. The van der Waals surface area contributed by atoms with Crippen molar-refractivity contribution in [3.05, 3.63) is 59.7 Å². The quantitative estimate of drug-likeness (QED) is 0.574. The summed E-state index contributed by atoms with van der Waals surface area (Å²) in [5, 5.41) is 4.15. The molecule has 1 aliphatic heterocycles. The number of nitrogens with zero attached hydrogens (tertiary/aromatic N) is 2. The van der Waals surface area contributed by atoms with E-state index in [4.69, 9.17) is 12.2 Å². The Morgan fingerprint density at radius 1 is 1.04 bits per heavy atom. The molecule has 1 heterocycles. The maximum atomic E-state index is 11.4. The zero-order valence-corrected chi connectivity index (χ0v) is 17.8. The van der Waals surface area contributed by atoms with Crippen LogP contribution >= 0.6 is 12.2 Å². The van der Waals surface area contributed by atoms with E-state index in [1.807, 2.05) is 24.3 Å². The van der Waals surface area contributed by atoms with Crippen molar-refractivity contribution in [3.8, 4) is 0 Å². The van der Waals surface area contributed by atoms with E-state index in [0.29, 0.717) is 5.92 Å². The minimum atomic E-state index is 0.102. The minimum Gasteiger partial charge on any atom is -0.368 e. The first-order valence-corrected chi connectivity index (χ1v) is 10.4. The third-order valence-electron chi connectivity index (χ3n) is 5.55. The fourth-order valence-corrected chi connectivity index (χ4v) is 3.71. The molecule has 0 amide bonds. The number of carbonyl (C=O) groups excluding carboxylic acids is 1. The summed E-state index contributed by atoms with van der Waals surface area (Å²) in [6, 6.07) is 16.5. The zero-order valence-electron chi connectivity index (χ0n) is 16.9. The Bertz CT molecular complexity index is 809. The molecule has 28 heavy (non-hydrogen) atoms. The smallest absolute Gasteiger partial charge is 0.173 e. The molecule has 3 rings (SSSR count). The van der Waals surface area contributed by atoms with Gasteiger partial charge in [-0.3, -0.25) is 4.79 Å². The number of hydrogen-bond acceptors (Lipinski definition) is 3. The molecule has 148 valence electrons. The summed E-state index contributed by atoms with van der Waals surface area (Å²) < 4.78 is 0. The van der Waals surface area contributed by atoms with Crippen LogP contribution in [0.1, 0.15) is 49.0 Å². The number of ketones is 1. The van der Waals surface area contributed by atoms with Crippen LogP contribution in [0, 0.1) is 0 Å². The predicted molar refractivity (Wildman–Crippen MR) is 122 cm³/mol. The lowest BCUT2D eigenvalue weighted by Crippen LogP contribution is -2.50. The number of thiocarbonyl (C=S) groups is 1. The Hall–Kier alpha value is -2.40. The number of nitrogens with one attached hydrogen (secondary N) is 1. The van der Waals surface area contributed by atoms with E-state index in [-0.39, 0.29) is 5.78 Å². The van der Waals surface area contributed by atoms with Crippen LogP contribution in [0.4, 0.5) is 11.4 Å². The molecule has 1 fully saturated rings. The van der Waals surface area contributed by atoms with Crippen molar-refractivity contribution in [3.63, 3.8) is 0 Å². The molecule has 4 nitrogen and oxygen atoms in total. The molecule has 5 heteroatoms. The van der Waals surface area contributed by atoms with E-state index in [2.05, 4.69) is 53.2 Å². The fraction of sp³-hybridized carbons (Fsp3) is 0.391. The highest BCUT2D eigenvalue weighted by Gasteiger charge is 2.19. The monoisotopic (exact) mass is 395 g/mol. The topological polar surface area (TPSA) is 35.6 Å². The minimum absolute atomic E-state index is 0.102. The molecule has 1 atom stereocenters. The average Bonchev–Trinajstić information content (AvgIpc) is 2.74. The summed E-state index contributed by atoms with van der Waals surface area (Å²) in [6.45, 7) is 9.64. The largest absolute Gasteiger partial charge is 0.368 e. The second-order valence-electron chi connectivity index (χ2n) is 7.44. The molecule has 0 saturated carbocycles. The average molecular weight is 396 g/mol. The van der Waals surface area contributed by atoms with Crippen LogP contribution in [0.3, 0.4) is 0 Å². The van der Waals surface area contributed by atoms with Crippen molar-refractivity contribution in [2.75, 3.05) is 36.4 Å². The Labute approximate surface area is 173 Å². The number of rotatable bonds is 5. The van der Waals surface area contributed by atoms with E-state index in [1.165, 1.54) is 5.56 Å². The van der Waals surface area contributed by atoms with Gasteiger partial charge in [0.05, 0.1) is 0 Å². The first kappa shape index (κ1) is 20.3. The number of Topliss-reactive ketones (excluding diaryl/α,β-unsaturated/α-hetero) is 1. The van der Waals surface area contributed by atoms with Gasteiger partial charge in [0.15, 0.2) is 10.9 Å². The summed E-state index contributed by atoms with van der Waals surface area (Å²) >= 11 is 5.62. The highest BCUT2D eigenvalue weighted by molar-refractivity contribution is 7.80. The van der Waals surface area contributed by atoms with Gasteiger partial charge in [-0.1, -0.05) is 26.0 Å². The van der Waals surface area contributed by atoms with Crippen molar-refractivity contribution < 1.29 is 4.79 Å². The molecule has 0 aromatic heterocycles. The molecular formula is C23H29N3OS. The van der Waals surface area contributed by atoms with Crippen LogP contribution in [-0.4, -0.2) is 42.0 Å². The first-order chi connectivity index (χ1) is 13.5. The Kier molecular flexibility index (Phi) is 6.68. The zero-order chi connectivity index (χ0) is 20.1. The van der Waals surface area contributed by atoms with Gasteiger partial charge in [-0.25, -0.2) is 0 Å². The highest BCUT2D eigenvalue weighted by Crippen LogP contribution is 2.21. The highest BCUT2D eigenvalue weighted by atomic mass is 32.1. The van der Waals surface area contributed by atoms with Gasteiger partial charge >= 0.3 is 0 Å². The number of benzene rings is 2. The van der Waals surface area contributed by atoms with E-state index >= 15 is 0 Å². The molecule has 1 unspecified atom stereocenters. The van der Waals surface area contributed by atoms with Crippen molar-refractivity contribution in [1.82, 2.24) is 4.90 Å². The third-order valence-corrected chi connectivity index (χ3v) is 5.91. The van der Waals surface area contributed by atoms with Gasteiger partial charge < -0.3 is 15.1 Å². The Morgan fingerprint density at radius 3 is 2.18 bits per heavy atom. The maximum Gasteiger partial charge on any atom is 0.173 e. The number of piperazine rings is 1. The maximum absolute atomic E-state index is 11.4. The lowest BCUT2D eigenvalue weighted by molar-refractivity contribution is 0.101. The van der Waals surface area contributed by atoms with E-state index in [9.17, 15) is 4.79 Å². The molecule has 1 aliphatic rings. The van der Waals surface area contributed by atoms with Crippen LogP contribution in [-0.2, 0) is 0 Å². The third kappa shape index (κ3) is 4.90. The summed E-state index contributed by atoms with van der Waals surface area (Å²) in [5.41, 5.74) is 4.32. The summed E-state index contributed by atoms with van der Waals surface area (Å²) in [7, 11) is 0. The van der Waals surface area contributed by atoms with Gasteiger partial charge in [0.25, 0.3) is 0 Å². The summed E-state index contributed by atoms with van der Waals surface area (Å²) in [5.74, 6) is 0.684. The molecule has 1 N–H and O–H groups in total. The van der Waals surface area contributed by atoms with E-state index < -0.39 is 0 Å². The fourth-order valence-electron chi connectivity index (χ4n) is 3.41. The lowest BCUT2D eigenvalue weighted by atomic mass is 9.99. The van der Waals surface area contributed by atoms with Crippen molar-refractivity contribution in [1.29, 1.82) is 0 Å². The van der Waals surface area contributed by atoms with Gasteiger partial charge in [-0.2, -0.15) is 0 Å². The summed E-state index contributed by atoms with van der Waals surface area (Å²) in [6.07, 6.45) is 1.15. The first-order valence-electron chi connectivity index (χ1n) is 9.99. The molecule has 1 saturated heterocycles. The van der Waals surface area contributed by atoms with Crippen LogP contribution in [0.2, 0.25) is 0 Å². The Balaban J connectivity index is 1.52. The molecule has 0 bridgehead atoms. The molecule has 2 aromatic rings. The van der Waals surface area contributed by atoms with Crippen LogP contribution < -0.4 is 10.2 Å². The Morgan fingerprint density at radius 2 is 1.64 bits per heavy atom. The lowest BCUT2D eigenvalue weighted by Gasteiger charge is -2.37. The molecule has 0 aliphatic carbocycles. The molecular weight excluding hydrogens is 366 g/mol. The standard InChI is InChI=1S/C23H29N3OS/c1-4-17(2)19-5-9-21(10-6-19)24-23(28)26-15-13-25(14-16-26)22-11-7-20(8-12-22)18(3)27/h5-12,17H,4,13-16H2,1-3H3,(H,24,28). The van der Waals surface area contributed by atoms with E-state index in [0.717, 1.165) is 54.7 Å². The molecule has 0 radical (unpaired) electrons. The van der Waals surface area contributed by atoms with Gasteiger partial charge in [0.2, 0.25) is 0 Å². The molecule has 2 aromatic carbocycles. The van der Waals surface area contributed by atoms with Gasteiger partial charge in [-0.05, 0) is 73.4 Å². The van der Waals surface area contributed by atoms with Gasteiger partial charge in [0.1, 0.15) is 0 Å². The number of carbonyl (C=O) groups is 1. The van der Waals surface area contributed by atoms with Crippen LogP contribution in [0.25, 0.3) is 0 Å². The summed E-state index contributed by atoms with van der Waals surface area (Å²) in [4.78, 5) is 16.0.